The Morgan fingerprint density at radius 1 is 1.26 bits per heavy atom. The highest BCUT2D eigenvalue weighted by Crippen LogP contribution is 2.34. The lowest BCUT2D eigenvalue weighted by atomic mass is 10.1. The summed E-state index contributed by atoms with van der Waals surface area (Å²) in [5.74, 6) is -0.247. The Kier molecular flexibility index (Phi) is 4.97. The third kappa shape index (κ3) is 3.49. The minimum atomic E-state index is -0.980. The van der Waals surface area contributed by atoms with E-state index in [4.69, 9.17) is 23.2 Å². The maximum atomic E-state index is 13.3. The van der Waals surface area contributed by atoms with Gasteiger partial charge in [-0.3, -0.25) is 9.59 Å². The van der Waals surface area contributed by atoms with Crippen LogP contribution in [0.2, 0.25) is 10.0 Å². The van der Waals surface area contributed by atoms with E-state index in [0.717, 1.165) is 15.8 Å². The molecule has 4 nitrogen and oxygen atoms in total. The Morgan fingerprint density at radius 3 is 2.78 bits per heavy atom. The monoisotopic (exact) mass is 424 g/mol. The van der Waals surface area contributed by atoms with E-state index in [9.17, 15) is 14.0 Å². The first-order valence-electron chi connectivity index (χ1n) is 8.42. The number of fused-ring (bicyclic) bond motifs is 1. The van der Waals surface area contributed by atoms with Crippen LogP contribution in [0.1, 0.15) is 6.42 Å². The van der Waals surface area contributed by atoms with Crippen LogP contribution in [0.25, 0.3) is 21.2 Å². The topological polar surface area (TPSA) is 42.3 Å². The minimum Gasteiger partial charge on any atom is -0.338 e. The zero-order valence-corrected chi connectivity index (χ0v) is 16.5. The van der Waals surface area contributed by atoms with Crippen molar-refractivity contribution < 1.29 is 9.18 Å². The SMILES string of the molecule is O=C(Cn1ccc2scc(-c3ccc(Cl)c(Cl)c3)c2c1=O)N1CCC(F)C1. The Labute approximate surface area is 168 Å². The molecule has 1 aromatic carbocycles. The van der Waals surface area contributed by atoms with Crippen molar-refractivity contribution in [3.8, 4) is 11.1 Å². The summed E-state index contributed by atoms with van der Waals surface area (Å²) in [6.07, 6.45) is 0.984. The van der Waals surface area contributed by atoms with Crippen molar-refractivity contribution in [3.05, 3.63) is 56.2 Å². The zero-order valence-electron chi connectivity index (χ0n) is 14.1. The number of halogens is 3. The van der Waals surface area contributed by atoms with Crippen molar-refractivity contribution in [1.82, 2.24) is 9.47 Å². The smallest absolute Gasteiger partial charge is 0.260 e. The summed E-state index contributed by atoms with van der Waals surface area (Å²) < 4.78 is 15.5. The largest absolute Gasteiger partial charge is 0.338 e. The van der Waals surface area contributed by atoms with Crippen molar-refractivity contribution in [1.29, 1.82) is 0 Å². The number of nitrogens with zero attached hydrogens (tertiary/aromatic N) is 2. The number of rotatable bonds is 3. The molecule has 8 heteroatoms. The summed E-state index contributed by atoms with van der Waals surface area (Å²) >= 11 is 13.5. The lowest BCUT2D eigenvalue weighted by Crippen LogP contribution is -2.35. The average Bonchev–Trinajstić information content (AvgIpc) is 3.26. The Bertz CT molecular complexity index is 1090. The molecule has 1 unspecified atom stereocenters. The molecule has 140 valence electrons. The number of alkyl halides is 1. The molecule has 1 amide bonds. The molecule has 0 bridgehead atoms. The molecule has 0 saturated carbocycles. The second-order valence-electron chi connectivity index (χ2n) is 6.49. The number of amides is 1. The van der Waals surface area contributed by atoms with Crippen LogP contribution in [0.4, 0.5) is 4.39 Å². The van der Waals surface area contributed by atoms with E-state index in [1.54, 1.807) is 18.3 Å². The van der Waals surface area contributed by atoms with Crippen molar-refractivity contribution in [2.24, 2.45) is 0 Å². The summed E-state index contributed by atoms with van der Waals surface area (Å²) in [6, 6.07) is 7.04. The fraction of sp³-hybridized carbons (Fsp3) is 0.263. The molecule has 27 heavy (non-hydrogen) atoms. The fourth-order valence-corrected chi connectivity index (χ4v) is 4.53. The van der Waals surface area contributed by atoms with Gasteiger partial charge >= 0.3 is 0 Å². The van der Waals surface area contributed by atoms with Gasteiger partial charge in [-0.15, -0.1) is 11.3 Å². The van der Waals surface area contributed by atoms with Crippen molar-refractivity contribution in [3.63, 3.8) is 0 Å². The van der Waals surface area contributed by atoms with Gasteiger partial charge in [0.2, 0.25) is 5.91 Å². The first-order valence-corrected chi connectivity index (χ1v) is 10.1. The number of aromatic nitrogens is 1. The molecule has 1 fully saturated rings. The van der Waals surface area contributed by atoms with Gasteiger partial charge in [0.05, 0.1) is 22.0 Å². The Hall–Kier alpha value is -1.89. The molecule has 3 heterocycles. The molecule has 2 aromatic heterocycles. The molecule has 1 saturated heterocycles. The first-order chi connectivity index (χ1) is 12.9. The highest BCUT2D eigenvalue weighted by Gasteiger charge is 2.26. The molecule has 0 radical (unpaired) electrons. The zero-order chi connectivity index (χ0) is 19.1. The van der Waals surface area contributed by atoms with E-state index >= 15 is 0 Å². The molecular formula is C19H15Cl2FN2O2S. The maximum absolute atomic E-state index is 13.3. The normalized spacial score (nSPS) is 17.0. The molecular weight excluding hydrogens is 410 g/mol. The van der Waals surface area contributed by atoms with Gasteiger partial charge in [0, 0.05) is 28.4 Å². The lowest BCUT2D eigenvalue weighted by molar-refractivity contribution is -0.131. The second-order valence-corrected chi connectivity index (χ2v) is 8.22. The number of carbonyl (C=O) groups excluding carboxylic acids is 1. The van der Waals surface area contributed by atoms with Crippen LogP contribution in [0.5, 0.6) is 0 Å². The molecule has 0 spiro atoms. The summed E-state index contributed by atoms with van der Waals surface area (Å²) in [5.41, 5.74) is 1.29. The van der Waals surface area contributed by atoms with Gasteiger partial charge in [0.25, 0.3) is 5.56 Å². The molecule has 1 aliphatic heterocycles. The molecule has 1 atom stereocenters. The van der Waals surface area contributed by atoms with E-state index < -0.39 is 6.17 Å². The molecule has 0 aliphatic carbocycles. The van der Waals surface area contributed by atoms with Crippen molar-refractivity contribution in [2.45, 2.75) is 19.1 Å². The number of carbonyl (C=O) groups is 1. The summed E-state index contributed by atoms with van der Waals surface area (Å²) in [4.78, 5) is 26.9. The fourth-order valence-electron chi connectivity index (χ4n) is 3.28. The van der Waals surface area contributed by atoms with Crippen LogP contribution in [0, 0.1) is 0 Å². The average molecular weight is 425 g/mol. The summed E-state index contributed by atoms with van der Waals surface area (Å²) in [5, 5.41) is 3.29. The molecule has 0 N–H and O–H groups in total. The highest BCUT2D eigenvalue weighted by molar-refractivity contribution is 7.17. The lowest BCUT2D eigenvalue weighted by Gasteiger charge is -2.16. The van der Waals surface area contributed by atoms with E-state index in [1.165, 1.54) is 20.8 Å². The third-order valence-corrected chi connectivity index (χ3v) is 6.41. The maximum Gasteiger partial charge on any atom is 0.260 e. The Balaban J connectivity index is 1.72. The number of likely N-dealkylation sites (tertiary alicyclic amines) is 1. The van der Waals surface area contributed by atoms with E-state index in [1.807, 2.05) is 17.5 Å². The molecule has 1 aliphatic rings. The third-order valence-electron chi connectivity index (χ3n) is 4.72. The van der Waals surface area contributed by atoms with E-state index in [2.05, 4.69) is 0 Å². The predicted molar refractivity (Wildman–Crippen MR) is 108 cm³/mol. The van der Waals surface area contributed by atoms with Gasteiger partial charge in [0.15, 0.2) is 0 Å². The number of benzene rings is 1. The van der Waals surface area contributed by atoms with Gasteiger partial charge in [-0.25, -0.2) is 4.39 Å². The quantitative estimate of drug-likeness (QED) is 0.615. The van der Waals surface area contributed by atoms with Crippen LogP contribution in [0.15, 0.2) is 40.6 Å². The molecule has 3 aromatic rings. The van der Waals surface area contributed by atoms with Crippen LogP contribution >= 0.6 is 34.5 Å². The van der Waals surface area contributed by atoms with Crippen LogP contribution < -0.4 is 5.56 Å². The van der Waals surface area contributed by atoms with Gasteiger partial charge in [-0.2, -0.15) is 0 Å². The van der Waals surface area contributed by atoms with Gasteiger partial charge in [-0.1, -0.05) is 29.3 Å². The van der Waals surface area contributed by atoms with Crippen molar-refractivity contribution >= 4 is 50.5 Å². The van der Waals surface area contributed by atoms with E-state index in [-0.39, 0.29) is 24.6 Å². The van der Waals surface area contributed by atoms with Gasteiger partial charge in [-0.05, 0) is 30.2 Å². The summed E-state index contributed by atoms with van der Waals surface area (Å²) in [6.45, 7) is 0.394. The van der Waals surface area contributed by atoms with Crippen LogP contribution in [-0.2, 0) is 11.3 Å². The Morgan fingerprint density at radius 2 is 2.07 bits per heavy atom. The number of thiophene rings is 1. The molecule has 4 rings (SSSR count). The highest BCUT2D eigenvalue weighted by atomic mass is 35.5. The number of hydrogen-bond donors (Lipinski definition) is 0. The summed E-state index contributed by atoms with van der Waals surface area (Å²) in [7, 11) is 0. The van der Waals surface area contributed by atoms with E-state index in [0.29, 0.717) is 28.4 Å². The van der Waals surface area contributed by atoms with Crippen LogP contribution in [0.3, 0.4) is 0 Å². The second kappa shape index (κ2) is 7.26. The first kappa shape index (κ1) is 18.5. The number of hydrogen-bond acceptors (Lipinski definition) is 3. The van der Waals surface area contributed by atoms with Gasteiger partial charge in [0.1, 0.15) is 12.7 Å². The minimum absolute atomic E-state index is 0.0991. The standard InChI is InChI=1S/C19H15Cl2FN2O2S/c20-14-2-1-11(7-15(14)21)13-10-27-16-4-6-24(19(26)18(13)16)9-17(25)23-5-3-12(22)8-23/h1-2,4,6-7,10,12H,3,5,8-9H2. The van der Waals surface area contributed by atoms with Crippen molar-refractivity contribution in [2.75, 3.05) is 13.1 Å². The number of pyridine rings is 1. The van der Waals surface area contributed by atoms with Gasteiger partial charge < -0.3 is 9.47 Å². The van der Waals surface area contributed by atoms with Crippen LogP contribution in [-0.4, -0.2) is 34.6 Å². The predicted octanol–water partition coefficient (Wildman–Crippen LogP) is 4.61.